The summed E-state index contributed by atoms with van der Waals surface area (Å²) in [6.07, 6.45) is 1.93. The van der Waals surface area contributed by atoms with Gasteiger partial charge in [-0.25, -0.2) is 0 Å². The van der Waals surface area contributed by atoms with Crippen molar-refractivity contribution in [2.75, 3.05) is 13.2 Å². The van der Waals surface area contributed by atoms with Crippen molar-refractivity contribution < 1.29 is 4.74 Å². The summed E-state index contributed by atoms with van der Waals surface area (Å²) >= 11 is 0. The van der Waals surface area contributed by atoms with Crippen molar-refractivity contribution in [1.82, 2.24) is 4.98 Å². The molecule has 1 heterocycles. The largest absolute Gasteiger partial charge is 0.494 e. The van der Waals surface area contributed by atoms with Gasteiger partial charge in [0.1, 0.15) is 5.75 Å². The number of hydrogen-bond donors (Lipinski definition) is 2. The first kappa shape index (κ1) is 11.7. The van der Waals surface area contributed by atoms with E-state index >= 15 is 0 Å². The highest BCUT2D eigenvalue weighted by Crippen LogP contribution is 2.18. The Labute approximate surface area is 99.4 Å². The second kappa shape index (κ2) is 5.50. The van der Waals surface area contributed by atoms with Gasteiger partial charge < -0.3 is 15.5 Å². The minimum absolute atomic E-state index is 0.0888. The number of fused-ring (bicyclic) bond motifs is 1. The smallest absolute Gasteiger partial charge is 0.248 e. The highest BCUT2D eigenvalue weighted by atomic mass is 16.5. The summed E-state index contributed by atoms with van der Waals surface area (Å²) in [7, 11) is 0. The Kier molecular flexibility index (Phi) is 3.77. The maximum absolute atomic E-state index is 11.1. The van der Waals surface area contributed by atoms with Crippen LogP contribution in [0.4, 0.5) is 0 Å². The van der Waals surface area contributed by atoms with Gasteiger partial charge in [0.2, 0.25) is 5.56 Å². The quantitative estimate of drug-likeness (QED) is 0.770. The van der Waals surface area contributed by atoms with E-state index in [1.807, 2.05) is 18.2 Å². The van der Waals surface area contributed by atoms with Gasteiger partial charge in [-0.1, -0.05) is 0 Å². The number of pyridine rings is 1. The summed E-state index contributed by atoms with van der Waals surface area (Å²) in [5.41, 5.74) is 6.14. The molecule has 0 fully saturated rings. The molecule has 1 aromatic heterocycles. The Balaban J connectivity index is 2.09. The van der Waals surface area contributed by atoms with E-state index in [4.69, 9.17) is 10.5 Å². The van der Waals surface area contributed by atoms with Crippen LogP contribution in [0, 0.1) is 0 Å². The Morgan fingerprint density at radius 2 is 2.06 bits per heavy atom. The molecule has 1 aromatic carbocycles. The van der Waals surface area contributed by atoms with Crippen molar-refractivity contribution in [2.45, 2.75) is 12.8 Å². The summed E-state index contributed by atoms with van der Waals surface area (Å²) in [6, 6.07) is 8.95. The van der Waals surface area contributed by atoms with Gasteiger partial charge in [0.25, 0.3) is 0 Å². The van der Waals surface area contributed by atoms with Crippen LogP contribution in [0.5, 0.6) is 5.75 Å². The molecule has 0 spiro atoms. The maximum atomic E-state index is 11.1. The highest BCUT2D eigenvalue weighted by Gasteiger charge is 1.98. The molecular formula is C13H16N2O2. The summed E-state index contributed by atoms with van der Waals surface area (Å²) < 4.78 is 5.60. The van der Waals surface area contributed by atoms with Crippen LogP contribution in [0.25, 0.3) is 10.9 Å². The first-order valence-corrected chi connectivity index (χ1v) is 5.75. The summed E-state index contributed by atoms with van der Waals surface area (Å²) in [6.45, 7) is 1.37. The molecule has 0 bridgehead atoms. The second-order valence-electron chi connectivity index (χ2n) is 3.92. The van der Waals surface area contributed by atoms with E-state index in [2.05, 4.69) is 4.98 Å². The lowest BCUT2D eigenvalue weighted by Gasteiger charge is -2.06. The Morgan fingerprint density at radius 1 is 1.18 bits per heavy atom. The molecule has 3 N–H and O–H groups in total. The summed E-state index contributed by atoms with van der Waals surface area (Å²) in [5.74, 6) is 0.821. The fourth-order valence-corrected chi connectivity index (χ4v) is 1.66. The first-order chi connectivity index (χ1) is 8.29. The molecule has 2 aromatic rings. The van der Waals surface area contributed by atoms with Gasteiger partial charge in [0.15, 0.2) is 0 Å². The fraction of sp³-hybridized carbons (Fsp3) is 0.308. The van der Waals surface area contributed by atoms with Gasteiger partial charge in [-0.3, -0.25) is 4.79 Å². The number of aromatic nitrogens is 1. The molecule has 0 saturated carbocycles. The zero-order chi connectivity index (χ0) is 12.1. The first-order valence-electron chi connectivity index (χ1n) is 5.75. The molecule has 90 valence electrons. The standard InChI is InChI=1S/C13H16N2O2/c14-7-1-2-8-17-11-4-5-12-10(9-11)3-6-13(16)15-12/h3-6,9H,1-2,7-8,14H2,(H,15,16). The van der Waals surface area contributed by atoms with E-state index in [1.165, 1.54) is 6.07 Å². The number of nitrogens with one attached hydrogen (secondary N) is 1. The number of nitrogens with two attached hydrogens (primary N) is 1. The van der Waals surface area contributed by atoms with Crippen LogP contribution in [0.15, 0.2) is 35.1 Å². The van der Waals surface area contributed by atoms with Gasteiger partial charge in [-0.2, -0.15) is 0 Å². The molecule has 0 aliphatic rings. The molecule has 0 unspecified atom stereocenters. The van der Waals surface area contributed by atoms with Crippen LogP contribution in [0.2, 0.25) is 0 Å². The summed E-state index contributed by atoms with van der Waals surface area (Å²) in [5, 5.41) is 0.973. The van der Waals surface area contributed by atoms with Gasteiger partial charge in [0, 0.05) is 17.0 Å². The number of aromatic amines is 1. The molecule has 0 aliphatic carbocycles. The third-order valence-electron chi connectivity index (χ3n) is 2.56. The molecule has 4 nitrogen and oxygen atoms in total. The molecule has 0 amide bonds. The fourth-order valence-electron chi connectivity index (χ4n) is 1.66. The zero-order valence-electron chi connectivity index (χ0n) is 9.61. The average Bonchev–Trinajstić information content (AvgIpc) is 2.35. The predicted molar refractivity (Wildman–Crippen MR) is 68.4 cm³/mol. The van der Waals surface area contributed by atoms with Crippen molar-refractivity contribution in [1.29, 1.82) is 0 Å². The molecule has 4 heteroatoms. The third-order valence-corrected chi connectivity index (χ3v) is 2.56. The number of ether oxygens (including phenoxy) is 1. The second-order valence-corrected chi connectivity index (χ2v) is 3.92. The molecule has 17 heavy (non-hydrogen) atoms. The minimum Gasteiger partial charge on any atom is -0.494 e. The van der Waals surface area contributed by atoms with Crippen molar-refractivity contribution >= 4 is 10.9 Å². The normalized spacial score (nSPS) is 10.6. The number of unbranched alkanes of at least 4 members (excludes halogenated alkanes) is 1. The number of hydrogen-bond acceptors (Lipinski definition) is 3. The number of rotatable bonds is 5. The van der Waals surface area contributed by atoms with Crippen LogP contribution < -0.4 is 16.0 Å². The van der Waals surface area contributed by atoms with E-state index in [0.717, 1.165) is 29.5 Å². The van der Waals surface area contributed by atoms with Crippen LogP contribution in [-0.4, -0.2) is 18.1 Å². The monoisotopic (exact) mass is 232 g/mol. The van der Waals surface area contributed by atoms with E-state index in [-0.39, 0.29) is 5.56 Å². The third kappa shape index (κ3) is 3.07. The molecule has 0 radical (unpaired) electrons. The Morgan fingerprint density at radius 3 is 2.88 bits per heavy atom. The van der Waals surface area contributed by atoms with Gasteiger partial charge in [-0.05, 0) is 43.7 Å². The Hall–Kier alpha value is -1.81. The molecule has 2 rings (SSSR count). The molecular weight excluding hydrogens is 216 g/mol. The number of H-pyrrole nitrogens is 1. The Bertz CT molecular complexity index is 548. The molecule has 0 saturated heterocycles. The molecule has 0 aliphatic heterocycles. The van der Waals surface area contributed by atoms with Crippen molar-refractivity contribution in [3.05, 3.63) is 40.7 Å². The summed E-state index contributed by atoms with van der Waals surface area (Å²) in [4.78, 5) is 13.9. The highest BCUT2D eigenvalue weighted by molar-refractivity contribution is 5.79. The van der Waals surface area contributed by atoms with E-state index < -0.39 is 0 Å². The van der Waals surface area contributed by atoms with Gasteiger partial charge in [0.05, 0.1) is 6.61 Å². The minimum atomic E-state index is -0.0888. The van der Waals surface area contributed by atoms with Crippen LogP contribution in [0.1, 0.15) is 12.8 Å². The van der Waals surface area contributed by atoms with Gasteiger partial charge in [-0.15, -0.1) is 0 Å². The SMILES string of the molecule is NCCCCOc1ccc2[nH]c(=O)ccc2c1. The number of benzene rings is 1. The lowest BCUT2D eigenvalue weighted by molar-refractivity contribution is 0.308. The lowest BCUT2D eigenvalue weighted by Crippen LogP contribution is -2.04. The van der Waals surface area contributed by atoms with Crippen LogP contribution >= 0.6 is 0 Å². The van der Waals surface area contributed by atoms with E-state index in [0.29, 0.717) is 13.2 Å². The predicted octanol–water partition coefficient (Wildman–Crippen LogP) is 1.65. The van der Waals surface area contributed by atoms with E-state index in [9.17, 15) is 4.79 Å². The average molecular weight is 232 g/mol. The van der Waals surface area contributed by atoms with Crippen molar-refractivity contribution in [2.24, 2.45) is 5.73 Å². The topological polar surface area (TPSA) is 68.1 Å². The van der Waals surface area contributed by atoms with Crippen molar-refractivity contribution in [3.8, 4) is 5.75 Å². The van der Waals surface area contributed by atoms with Crippen LogP contribution in [0.3, 0.4) is 0 Å². The molecule has 0 atom stereocenters. The van der Waals surface area contributed by atoms with E-state index in [1.54, 1.807) is 6.07 Å². The van der Waals surface area contributed by atoms with Crippen molar-refractivity contribution in [3.63, 3.8) is 0 Å². The zero-order valence-corrected chi connectivity index (χ0v) is 9.61. The van der Waals surface area contributed by atoms with Gasteiger partial charge >= 0.3 is 0 Å². The maximum Gasteiger partial charge on any atom is 0.248 e. The van der Waals surface area contributed by atoms with Crippen LogP contribution in [-0.2, 0) is 0 Å². The lowest BCUT2D eigenvalue weighted by atomic mass is 10.2.